The van der Waals surface area contributed by atoms with Crippen LogP contribution in [0.1, 0.15) is 27.2 Å². The van der Waals surface area contributed by atoms with Crippen LogP contribution in [0.2, 0.25) is 0 Å². The van der Waals surface area contributed by atoms with Crippen molar-refractivity contribution < 1.29 is 13.2 Å². The van der Waals surface area contributed by atoms with Crippen molar-refractivity contribution >= 4 is 15.9 Å². The highest BCUT2D eigenvalue weighted by atomic mass is 32.2. The fraction of sp³-hybridized carbons (Fsp3) is 0.889. The fourth-order valence-corrected chi connectivity index (χ4v) is 1.96. The summed E-state index contributed by atoms with van der Waals surface area (Å²) in [6, 6.07) is -0.667. The van der Waals surface area contributed by atoms with Crippen molar-refractivity contribution in [1.82, 2.24) is 10.0 Å². The second kappa shape index (κ2) is 6.07. The second-order valence-corrected chi connectivity index (χ2v) is 5.86. The first-order chi connectivity index (χ1) is 6.82. The van der Waals surface area contributed by atoms with Gasteiger partial charge in [0.25, 0.3) is 0 Å². The second-order valence-electron chi connectivity index (χ2n) is 3.82. The van der Waals surface area contributed by atoms with Crippen molar-refractivity contribution in [3.63, 3.8) is 0 Å². The third kappa shape index (κ3) is 5.74. The largest absolute Gasteiger partial charge is 0.358 e. The Hall–Kier alpha value is -0.620. The van der Waals surface area contributed by atoms with E-state index in [4.69, 9.17) is 0 Å². The van der Waals surface area contributed by atoms with Crippen LogP contribution in [0.3, 0.4) is 0 Å². The van der Waals surface area contributed by atoms with Gasteiger partial charge in [0, 0.05) is 7.05 Å². The molecular weight excluding hydrogens is 216 g/mol. The number of carbonyl (C=O) groups excluding carboxylic acids is 1. The molecule has 0 aromatic carbocycles. The Morgan fingerprint density at radius 3 is 2.20 bits per heavy atom. The van der Waals surface area contributed by atoms with Crippen molar-refractivity contribution in [3.8, 4) is 0 Å². The van der Waals surface area contributed by atoms with E-state index in [2.05, 4.69) is 10.0 Å². The summed E-state index contributed by atoms with van der Waals surface area (Å²) in [6.07, 6.45) is 0.499. The van der Waals surface area contributed by atoms with E-state index in [0.717, 1.165) is 0 Å². The van der Waals surface area contributed by atoms with Crippen LogP contribution < -0.4 is 10.0 Å². The molecule has 0 spiro atoms. The molecule has 2 N–H and O–H groups in total. The predicted molar refractivity (Wildman–Crippen MR) is 59.9 cm³/mol. The van der Waals surface area contributed by atoms with Gasteiger partial charge < -0.3 is 5.32 Å². The van der Waals surface area contributed by atoms with Gasteiger partial charge in [-0.25, -0.2) is 13.1 Å². The minimum Gasteiger partial charge on any atom is -0.358 e. The molecule has 0 aromatic rings. The Morgan fingerprint density at radius 2 is 1.87 bits per heavy atom. The Balaban J connectivity index is 4.58. The molecule has 0 fully saturated rings. The Labute approximate surface area is 91.7 Å². The van der Waals surface area contributed by atoms with Gasteiger partial charge in [0.15, 0.2) is 0 Å². The van der Waals surface area contributed by atoms with Crippen molar-refractivity contribution in [2.45, 2.75) is 33.2 Å². The summed E-state index contributed by atoms with van der Waals surface area (Å²) < 4.78 is 25.0. The summed E-state index contributed by atoms with van der Waals surface area (Å²) in [6.45, 7) is 5.42. The molecule has 0 aliphatic carbocycles. The summed E-state index contributed by atoms with van der Waals surface area (Å²) in [5, 5.41) is 2.45. The molecule has 15 heavy (non-hydrogen) atoms. The van der Waals surface area contributed by atoms with Crippen LogP contribution in [-0.4, -0.2) is 33.2 Å². The van der Waals surface area contributed by atoms with Gasteiger partial charge in [-0.15, -0.1) is 0 Å². The maximum atomic E-state index is 11.4. The van der Waals surface area contributed by atoms with Gasteiger partial charge in [-0.3, -0.25) is 4.79 Å². The number of nitrogens with one attached hydrogen (secondary N) is 2. The van der Waals surface area contributed by atoms with Crippen molar-refractivity contribution in [2.24, 2.45) is 5.92 Å². The van der Waals surface area contributed by atoms with Crippen molar-refractivity contribution in [1.29, 1.82) is 0 Å². The number of hydrogen-bond donors (Lipinski definition) is 2. The summed E-state index contributed by atoms with van der Waals surface area (Å²) in [5.41, 5.74) is 0. The van der Waals surface area contributed by atoms with Crippen LogP contribution in [0.5, 0.6) is 0 Å². The molecule has 90 valence electrons. The van der Waals surface area contributed by atoms with E-state index in [1.807, 2.05) is 13.8 Å². The smallest absolute Gasteiger partial charge is 0.237 e. The normalized spacial score (nSPS) is 13.9. The first-order valence-corrected chi connectivity index (χ1v) is 6.69. The van der Waals surface area contributed by atoms with Crippen LogP contribution >= 0.6 is 0 Å². The topological polar surface area (TPSA) is 75.3 Å². The summed E-state index contributed by atoms with van der Waals surface area (Å²) in [4.78, 5) is 11.4. The average Bonchev–Trinajstić information content (AvgIpc) is 2.14. The Bertz CT molecular complexity index is 298. The molecule has 1 amide bonds. The molecule has 0 bridgehead atoms. The Kier molecular flexibility index (Phi) is 5.82. The first-order valence-electron chi connectivity index (χ1n) is 5.04. The maximum absolute atomic E-state index is 11.4. The minimum atomic E-state index is -3.33. The molecule has 5 nitrogen and oxygen atoms in total. The van der Waals surface area contributed by atoms with Crippen LogP contribution in [-0.2, 0) is 14.8 Å². The van der Waals surface area contributed by atoms with Crippen LogP contribution in [0, 0.1) is 5.92 Å². The number of carbonyl (C=O) groups is 1. The molecule has 6 heteroatoms. The van der Waals surface area contributed by atoms with E-state index in [0.29, 0.717) is 6.42 Å². The molecule has 1 unspecified atom stereocenters. The number of amides is 1. The van der Waals surface area contributed by atoms with E-state index in [9.17, 15) is 13.2 Å². The van der Waals surface area contributed by atoms with Gasteiger partial charge in [-0.05, 0) is 19.3 Å². The molecule has 0 rings (SSSR count). The standard InChI is InChI=1S/C9H20N2O3S/c1-5-15(13,14)11-8(6-7(2)3)9(12)10-4/h7-8,11H,5-6H2,1-4H3,(H,10,12). The quantitative estimate of drug-likeness (QED) is 0.686. The van der Waals surface area contributed by atoms with Crippen molar-refractivity contribution in [2.75, 3.05) is 12.8 Å². The van der Waals surface area contributed by atoms with Gasteiger partial charge in [-0.1, -0.05) is 13.8 Å². The lowest BCUT2D eigenvalue weighted by molar-refractivity contribution is -0.122. The first kappa shape index (κ1) is 14.4. The monoisotopic (exact) mass is 236 g/mol. The summed E-state index contributed by atoms with van der Waals surface area (Å²) >= 11 is 0. The highest BCUT2D eigenvalue weighted by molar-refractivity contribution is 7.89. The molecular formula is C9H20N2O3S. The molecule has 0 saturated heterocycles. The molecule has 0 aliphatic heterocycles. The molecule has 0 aliphatic rings. The molecule has 0 aromatic heterocycles. The van der Waals surface area contributed by atoms with E-state index in [-0.39, 0.29) is 17.6 Å². The summed E-state index contributed by atoms with van der Waals surface area (Å²) in [7, 11) is -1.83. The van der Waals surface area contributed by atoms with Gasteiger partial charge in [-0.2, -0.15) is 0 Å². The minimum absolute atomic E-state index is 0.0153. The van der Waals surface area contributed by atoms with Gasteiger partial charge >= 0.3 is 0 Å². The zero-order valence-electron chi connectivity index (χ0n) is 9.70. The fourth-order valence-electron chi connectivity index (χ4n) is 1.15. The highest BCUT2D eigenvalue weighted by Crippen LogP contribution is 2.06. The van der Waals surface area contributed by atoms with E-state index >= 15 is 0 Å². The lowest BCUT2D eigenvalue weighted by atomic mass is 10.0. The van der Waals surface area contributed by atoms with Crippen LogP contribution in [0.4, 0.5) is 0 Å². The van der Waals surface area contributed by atoms with Crippen LogP contribution in [0.15, 0.2) is 0 Å². The van der Waals surface area contributed by atoms with Gasteiger partial charge in [0.2, 0.25) is 15.9 Å². The zero-order chi connectivity index (χ0) is 12.1. The van der Waals surface area contributed by atoms with E-state index in [1.165, 1.54) is 7.05 Å². The molecule has 1 atom stereocenters. The SMILES string of the molecule is CCS(=O)(=O)NC(CC(C)C)C(=O)NC. The van der Waals surface area contributed by atoms with E-state index < -0.39 is 16.1 Å². The van der Waals surface area contributed by atoms with Crippen LogP contribution in [0.25, 0.3) is 0 Å². The Morgan fingerprint density at radius 1 is 1.33 bits per heavy atom. The number of rotatable bonds is 6. The molecule has 0 saturated carbocycles. The van der Waals surface area contributed by atoms with E-state index in [1.54, 1.807) is 6.92 Å². The summed E-state index contributed by atoms with van der Waals surface area (Å²) in [5.74, 6) is -0.0499. The van der Waals surface area contributed by atoms with Gasteiger partial charge in [0.1, 0.15) is 6.04 Å². The van der Waals surface area contributed by atoms with Gasteiger partial charge in [0.05, 0.1) is 5.75 Å². The zero-order valence-corrected chi connectivity index (χ0v) is 10.5. The lowest BCUT2D eigenvalue weighted by Crippen LogP contribution is -2.46. The highest BCUT2D eigenvalue weighted by Gasteiger charge is 2.23. The predicted octanol–water partition coefficient (Wildman–Crippen LogP) is 0.0864. The molecule has 0 heterocycles. The third-order valence-corrected chi connectivity index (χ3v) is 3.38. The lowest BCUT2D eigenvalue weighted by Gasteiger charge is -2.18. The third-order valence-electron chi connectivity index (χ3n) is 1.97. The molecule has 0 radical (unpaired) electrons. The number of hydrogen-bond acceptors (Lipinski definition) is 3. The number of sulfonamides is 1. The average molecular weight is 236 g/mol. The number of likely N-dealkylation sites (N-methyl/N-ethyl adjacent to an activating group) is 1. The maximum Gasteiger partial charge on any atom is 0.237 e. The van der Waals surface area contributed by atoms with Crippen molar-refractivity contribution in [3.05, 3.63) is 0 Å².